The number of imidazole rings is 1. The van der Waals surface area contributed by atoms with Gasteiger partial charge in [0.25, 0.3) is 0 Å². The third-order valence-electron chi connectivity index (χ3n) is 2.94. The van der Waals surface area contributed by atoms with Crippen LogP contribution < -0.4 is 10.5 Å². The molecule has 0 amide bonds. The maximum absolute atomic E-state index is 6.18. The summed E-state index contributed by atoms with van der Waals surface area (Å²) in [5.74, 6) is 1.88. The van der Waals surface area contributed by atoms with Gasteiger partial charge < -0.3 is 15.0 Å². The molecule has 96 valence electrons. The van der Waals surface area contributed by atoms with Crippen LogP contribution in [0.25, 0.3) is 0 Å². The third-order valence-corrected chi connectivity index (χ3v) is 2.94. The Morgan fingerprint density at radius 3 is 2.61 bits per heavy atom. The normalized spacial score (nSPS) is 12.4. The average Bonchev–Trinajstić information content (AvgIpc) is 2.76. The Bertz CT molecular complexity index is 490. The van der Waals surface area contributed by atoms with Crippen molar-refractivity contribution in [3.8, 4) is 5.75 Å². The smallest absolute Gasteiger partial charge is 0.119 e. The fourth-order valence-electron chi connectivity index (χ4n) is 1.89. The van der Waals surface area contributed by atoms with Crippen molar-refractivity contribution in [1.29, 1.82) is 0 Å². The van der Waals surface area contributed by atoms with Gasteiger partial charge in [0.1, 0.15) is 11.6 Å². The fourth-order valence-corrected chi connectivity index (χ4v) is 1.89. The van der Waals surface area contributed by atoms with Crippen LogP contribution >= 0.6 is 0 Å². The van der Waals surface area contributed by atoms with Gasteiger partial charge in [0.2, 0.25) is 0 Å². The molecule has 2 rings (SSSR count). The molecule has 0 spiro atoms. The van der Waals surface area contributed by atoms with Gasteiger partial charge in [0.05, 0.1) is 6.61 Å². The molecule has 1 atom stereocenters. The zero-order valence-electron chi connectivity index (χ0n) is 10.8. The first-order valence-corrected chi connectivity index (χ1v) is 6.15. The second-order valence-electron chi connectivity index (χ2n) is 4.27. The van der Waals surface area contributed by atoms with Crippen LogP contribution in [0.1, 0.15) is 24.4 Å². The van der Waals surface area contributed by atoms with Gasteiger partial charge in [-0.05, 0) is 24.6 Å². The zero-order valence-corrected chi connectivity index (χ0v) is 10.8. The number of hydrogen-bond donors (Lipinski definition) is 1. The van der Waals surface area contributed by atoms with Crippen LogP contribution in [0.5, 0.6) is 5.75 Å². The van der Waals surface area contributed by atoms with Crippen molar-refractivity contribution in [2.24, 2.45) is 12.8 Å². The summed E-state index contributed by atoms with van der Waals surface area (Å²) in [5, 5.41) is 0. The summed E-state index contributed by atoms with van der Waals surface area (Å²) in [5.41, 5.74) is 7.28. The van der Waals surface area contributed by atoms with Crippen molar-refractivity contribution in [1.82, 2.24) is 9.55 Å². The number of nitrogens with zero attached hydrogens (tertiary/aromatic N) is 2. The van der Waals surface area contributed by atoms with Crippen LogP contribution in [-0.4, -0.2) is 16.2 Å². The van der Waals surface area contributed by atoms with Gasteiger partial charge in [-0.15, -0.1) is 0 Å². The first-order valence-electron chi connectivity index (χ1n) is 6.15. The van der Waals surface area contributed by atoms with Gasteiger partial charge in [-0.2, -0.15) is 0 Å². The lowest BCUT2D eigenvalue weighted by Crippen LogP contribution is -2.15. The number of nitrogens with two attached hydrogens (primary N) is 1. The first kappa shape index (κ1) is 12.6. The summed E-state index contributed by atoms with van der Waals surface area (Å²) in [4.78, 5) is 4.29. The van der Waals surface area contributed by atoms with Gasteiger partial charge >= 0.3 is 0 Å². The van der Waals surface area contributed by atoms with E-state index in [9.17, 15) is 0 Å². The molecule has 0 aliphatic heterocycles. The molecule has 2 N–H and O–H groups in total. The Balaban J connectivity index is 2.04. The molecule has 4 nitrogen and oxygen atoms in total. The number of benzene rings is 1. The monoisotopic (exact) mass is 245 g/mol. The molecule has 0 aliphatic rings. The van der Waals surface area contributed by atoms with E-state index in [0.29, 0.717) is 6.61 Å². The van der Waals surface area contributed by atoms with E-state index in [1.807, 2.05) is 49.0 Å². The standard InChI is InChI=1S/C14H19N3O/c1-3-18-12-6-4-11(5-7-12)13(15)10-14-16-8-9-17(14)2/h4-9,13H,3,10,15H2,1-2H3. The highest BCUT2D eigenvalue weighted by atomic mass is 16.5. The highest BCUT2D eigenvalue weighted by Crippen LogP contribution is 2.18. The van der Waals surface area contributed by atoms with Crippen molar-refractivity contribution >= 4 is 0 Å². The van der Waals surface area contributed by atoms with E-state index in [1.54, 1.807) is 6.20 Å². The van der Waals surface area contributed by atoms with E-state index in [1.165, 1.54) is 0 Å². The summed E-state index contributed by atoms with van der Waals surface area (Å²) < 4.78 is 7.40. The Labute approximate surface area is 107 Å². The van der Waals surface area contributed by atoms with Crippen LogP contribution in [-0.2, 0) is 13.5 Å². The molecule has 4 heteroatoms. The van der Waals surface area contributed by atoms with Gasteiger partial charge in [0, 0.05) is 31.9 Å². The molecule has 18 heavy (non-hydrogen) atoms. The molecule has 1 heterocycles. The molecular weight excluding hydrogens is 226 g/mol. The first-order chi connectivity index (χ1) is 8.70. The third kappa shape index (κ3) is 2.90. The number of hydrogen-bond acceptors (Lipinski definition) is 3. The number of rotatable bonds is 5. The van der Waals surface area contributed by atoms with Crippen LogP contribution in [0.4, 0.5) is 0 Å². The van der Waals surface area contributed by atoms with Crippen LogP contribution in [0.15, 0.2) is 36.7 Å². The van der Waals surface area contributed by atoms with E-state index in [0.717, 1.165) is 23.6 Å². The molecule has 1 unspecified atom stereocenters. The van der Waals surface area contributed by atoms with Crippen molar-refractivity contribution in [2.75, 3.05) is 6.61 Å². The summed E-state index contributed by atoms with van der Waals surface area (Å²) >= 11 is 0. The van der Waals surface area contributed by atoms with Crippen molar-refractivity contribution in [3.05, 3.63) is 48.0 Å². The van der Waals surface area contributed by atoms with E-state index >= 15 is 0 Å². The number of ether oxygens (including phenoxy) is 1. The van der Waals surface area contributed by atoms with Crippen LogP contribution in [0, 0.1) is 0 Å². The van der Waals surface area contributed by atoms with E-state index in [4.69, 9.17) is 10.5 Å². The van der Waals surface area contributed by atoms with E-state index in [-0.39, 0.29) is 6.04 Å². The molecule has 0 aliphatic carbocycles. The Kier molecular flexibility index (Phi) is 3.99. The number of aryl methyl sites for hydroxylation is 1. The molecule has 0 fully saturated rings. The van der Waals surface area contributed by atoms with Gasteiger partial charge in [-0.3, -0.25) is 0 Å². The maximum atomic E-state index is 6.18. The summed E-state index contributed by atoms with van der Waals surface area (Å²) in [6.07, 6.45) is 4.46. The summed E-state index contributed by atoms with van der Waals surface area (Å²) in [6, 6.07) is 7.90. The van der Waals surface area contributed by atoms with E-state index in [2.05, 4.69) is 4.98 Å². The minimum Gasteiger partial charge on any atom is -0.494 e. The van der Waals surface area contributed by atoms with Crippen molar-refractivity contribution in [2.45, 2.75) is 19.4 Å². The lowest BCUT2D eigenvalue weighted by atomic mass is 10.0. The minimum absolute atomic E-state index is 0.0400. The topological polar surface area (TPSA) is 53.1 Å². The Morgan fingerprint density at radius 1 is 1.33 bits per heavy atom. The zero-order chi connectivity index (χ0) is 13.0. The van der Waals surface area contributed by atoms with E-state index < -0.39 is 0 Å². The van der Waals surface area contributed by atoms with Gasteiger partial charge in [-0.25, -0.2) is 4.98 Å². The highest BCUT2D eigenvalue weighted by Gasteiger charge is 2.10. The predicted octanol–water partition coefficient (Wildman–Crippen LogP) is 2.06. The SMILES string of the molecule is CCOc1ccc(C(N)Cc2nccn2C)cc1. The quantitative estimate of drug-likeness (QED) is 0.877. The Morgan fingerprint density at radius 2 is 2.06 bits per heavy atom. The lowest BCUT2D eigenvalue weighted by molar-refractivity contribution is 0.340. The maximum Gasteiger partial charge on any atom is 0.119 e. The van der Waals surface area contributed by atoms with Gasteiger partial charge in [-0.1, -0.05) is 12.1 Å². The number of aromatic nitrogens is 2. The molecular formula is C14H19N3O. The molecule has 0 bridgehead atoms. The van der Waals surface area contributed by atoms with Crippen LogP contribution in [0.2, 0.25) is 0 Å². The summed E-state index contributed by atoms with van der Waals surface area (Å²) in [7, 11) is 1.98. The van der Waals surface area contributed by atoms with Gasteiger partial charge in [0.15, 0.2) is 0 Å². The second-order valence-corrected chi connectivity index (χ2v) is 4.27. The minimum atomic E-state index is -0.0400. The molecule has 1 aromatic carbocycles. The molecule has 0 radical (unpaired) electrons. The molecule has 0 saturated heterocycles. The van der Waals surface area contributed by atoms with Crippen LogP contribution in [0.3, 0.4) is 0 Å². The average molecular weight is 245 g/mol. The van der Waals surface area contributed by atoms with Crippen molar-refractivity contribution in [3.63, 3.8) is 0 Å². The largest absolute Gasteiger partial charge is 0.494 e. The Hall–Kier alpha value is -1.81. The van der Waals surface area contributed by atoms with Crippen molar-refractivity contribution < 1.29 is 4.74 Å². The molecule has 0 saturated carbocycles. The second kappa shape index (κ2) is 5.69. The molecule has 2 aromatic rings. The lowest BCUT2D eigenvalue weighted by Gasteiger charge is -2.12. The predicted molar refractivity (Wildman–Crippen MR) is 71.5 cm³/mol. The fraction of sp³-hybridized carbons (Fsp3) is 0.357. The highest BCUT2D eigenvalue weighted by molar-refractivity contribution is 5.29. The summed E-state index contributed by atoms with van der Waals surface area (Å²) in [6.45, 7) is 2.65. The molecule has 1 aromatic heterocycles.